The molecule has 0 spiro atoms. The Labute approximate surface area is 124 Å². The number of halogens is 1. The number of hydrogen-bond donors (Lipinski definition) is 1. The zero-order valence-corrected chi connectivity index (χ0v) is 13.6. The van der Waals surface area contributed by atoms with E-state index in [1.165, 1.54) is 5.69 Å². The summed E-state index contributed by atoms with van der Waals surface area (Å²) in [4.78, 5) is 0. The van der Waals surface area contributed by atoms with Gasteiger partial charge in [-0.3, -0.25) is 4.68 Å². The van der Waals surface area contributed by atoms with Gasteiger partial charge in [0.25, 0.3) is 0 Å². The van der Waals surface area contributed by atoms with E-state index in [0.717, 1.165) is 36.9 Å². The Morgan fingerprint density at radius 3 is 2.95 bits per heavy atom. The zero-order chi connectivity index (χ0) is 13.8. The minimum Gasteiger partial charge on any atom is -0.378 e. The molecule has 0 radical (unpaired) electrons. The largest absolute Gasteiger partial charge is 0.378 e. The van der Waals surface area contributed by atoms with Crippen LogP contribution in [-0.2, 0) is 11.8 Å². The van der Waals surface area contributed by atoms with Crippen LogP contribution in [0.25, 0.3) is 0 Å². The summed E-state index contributed by atoms with van der Waals surface area (Å²) in [5.74, 6) is 0.531. The van der Waals surface area contributed by atoms with Gasteiger partial charge >= 0.3 is 0 Å². The van der Waals surface area contributed by atoms with Crippen LogP contribution < -0.4 is 5.32 Å². The molecule has 3 atom stereocenters. The lowest BCUT2D eigenvalue weighted by molar-refractivity contribution is 0.0764. The fraction of sp³-hybridized carbons (Fsp3) is 0.786. The molecule has 1 aromatic rings. The number of aryl methyl sites for hydroxylation is 1. The third kappa shape index (κ3) is 3.20. The first-order valence-corrected chi connectivity index (χ1v) is 8.00. The molecule has 1 aliphatic heterocycles. The van der Waals surface area contributed by atoms with E-state index in [0.29, 0.717) is 18.1 Å². The van der Waals surface area contributed by atoms with Crippen LogP contribution in [0.15, 0.2) is 10.7 Å². The van der Waals surface area contributed by atoms with E-state index < -0.39 is 0 Å². The minimum absolute atomic E-state index is 0.314. The molecule has 0 bridgehead atoms. The number of hydrogen-bond acceptors (Lipinski definition) is 3. The van der Waals surface area contributed by atoms with E-state index in [1.54, 1.807) is 0 Å². The van der Waals surface area contributed by atoms with E-state index >= 15 is 0 Å². The zero-order valence-electron chi connectivity index (χ0n) is 12.0. The van der Waals surface area contributed by atoms with Gasteiger partial charge in [-0.05, 0) is 41.7 Å². The van der Waals surface area contributed by atoms with Crippen LogP contribution in [0.3, 0.4) is 0 Å². The number of rotatable bonds is 6. The third-order valence-corrected chi connectivity index (χ3v) is 4.55. The molecule has 0 aromatic carbocycles. The fourth-order valence-corrected chi connectivity index (χ4v) is 3.58. The summed E-state index contributed by atoms with van der Waals surface area (Å²) in [5, 5.41) is 8.05. The topological polar surface area (TPSA) is 39.1 Å². The number of nitrogens with one attached hydrogen (secondary N) is 1. The molecule has 0 saturated carbocycles. The van der Waals surface area contributed by atoms with Gasteiger partial charge in [-0.25, -0.2) is 0 Å². The Morgan fingerprint density at radius 2 is 2.37 bits per heavy atom. The van der Waals surface area contributed by atoms with Crippen LogP contribution in [0.2, 0.25) is 0 Å². The highest BCUT2D eigenvalue weighted by molar-refractivity contribution is 9.10. The maximum absolute atomic E-state index is 5.87. The van der Waals surface area contributed by atoms with Gasteiger partial charge in [0.1, 0.15) is 0 Å². The Kier molecular flexibility index (Phi) is 5.42. The fourth-order valence-electron chi connectivity index (χ4n) is 2.99. The number of ether oxygens (including phenoxy) is 1. The Hall–Kier alpha value is -0.390. The molecule has 5 heteroatoms. The van der Waals surface area contributed by atoms with Crippen LogP contribution in [0, 0.1) is 5.92 Å². The first-order valence-electron chi connectivity index (χ1n) is 7.21. The van der Waals surface area contributed by atoms with Crippen LogP contribution in [0.5, 0.6) is 0 Å². The smallest absolute Gasteiger partial charge is 0.0696 e. The number of nitrogens with zero attached hydrogens (tertiary/aromatic N) is 2. The van der Waals surface area contributed by atoms with Crippen molar-refractivity contribution in [3.8, 4) is 0 Å². The lowest BCUT2D eigenvalue weighted by Crippen LogP contribution is -2.34. The molecule has 1 aromatic heterocycles. The quantitative estimate of drug-likeness (QED) is 0.871. The Morgan fingerprint density at radius 1 is 1.58 bits per heavy atom. The highest BCUT2D eigenvalue weighted by Gasteiger charge is 2.36. The van der Waals surface area contributed by atoms with E-state index in [2.05, 4.69) is 40.2 Å². The highest BCUT2D eigenvalue weighted by atomic mass is 79.9. The highest BCUT2D eigenvalue weighted by Crippen LogP contribution is 2.37. The predicted octanol–water partition coefficient (Wildman–Crippen LogP) is 3.04. The molecule has 4 nitrogen and oxygen atoms in total. The van der Waals surface area contributed by atoms with Crippen LogP contribution in [-0.4, -0.2) is 29.0 Å². The monoisotopic (exact) mass is 329 g/mol. The van der Waals surface area contributed by atoms with Crippen LogP contribution in [0.1, 0.15) is 44.8 Å². The summed E-state index contributed by atoms with van der Waals surface area (Å²) >= 11 is 3.63. The van der Waals surface area contributed by atoms with Gasteiger partial charge in [-0.15, -0.1) is 0 Å². The van der Waals surface area contributed by atoms with Gasteiger partial charge in [0.2, 0.25) is 0 Å². The molecule has 3 unspecified atom stereocenters. The summed E-state index contributed by atoms with van der Waals surface area (Å²) < 4.78 is 8.93. The van der Waals surface area contributed by atoms with Crippen molar-refractivity contribution in [1.82, 2.24) is 15.1 Å². The number of aromatic nitrogens is 2. The van der Waals surface area contributed by atoms with Crippen molar-refractivity contribution >= 4 is 15.9 Å². The van der Waals surface area contributed by atoms with Crippen molar-refractivity contribution in [2.75, 3.05) is 13.2 Å². The summed E-state index contributed by atoms with van der Waals surface area (Å²) in [5.41, 5.74) is 1.24. The maximum atomic E-state index is 5.87. The van der Waals surface area contributed by atoms with Crippen molar-refractivity contribution in [2.24, 2.45) is 13.0 Å². The molecular weight excluding hydrogens is 306 g/mol. The van der Waals surface area contributed by atoms with Crippen molar-refractivity contribution in [3.63, 3.8) is 0 Å². The average Bonchev–Trinajstić information content (AvgIpc) is 3.00. The van der Waals surface area contributed by atoms with Gasteiger partial charge in [0.15, 0.2) is 0 Å². The van der Waals surface area contributed by atoms with Crippen molar-refractivity contribution in [1.29, 1.82) is 0 Å². The van der Waals surface area contributed by atoms with Crippen molar-refractivity contribution in [2.45, 2.75) is 45.3 Å². The molecule has 1 fully saturated rings. The van der Waals surface area contributed by atoms with Gasteiger partial charge in [-0.2, -0.15) is 5.10 Å². The van der Waals surface area contributed by atoms with E-state index in [9.17, 15) is 0 Å². The van der Waals surface area contributed by atoms with E-state index in [4.69, 9.17) is 4.74 Å². The molecule has 1 aliphatic rings. The summed E-state index contributed by atoms with van der Waals surface area (Å²) in [6.07, 6.45) is 5.57. The molecule has 19 heavy (non-hydrogen) atoms. The van der Waals surface area contributed by atoms with Gasteiger partial charge < -0.3 is 10.1 Å². The summed E-state index contributed by atoms with van der Waals surface area (Å²) in [6.45, 7) is 6.31. The SMILES string of the molecule is CCCNC(c1c(Br)cnn1C)C1CCOC1CC. The normalized spacial score (nSPS) is 24.8. The van der Waals surface area contributed by atoms with Gasteiger partial charge in [0.05, 0.1) is 28.5 Å². The molecule has 1 saturated heterocycles. The third-order valence-electron chi connectivity index (χ3n) is 3.94. The van der Waals surface area contributed by atoms with Gasteiger partial charge in [0, 0.05) is 19.6 Å². The second-order valence-electron chi connectivity index (χ2n) is 5.20. The lowest BCUT2D eigenvalue weighted by Gasteiger charge is -2.28. The molecule has 2 heterocycles. The van der Waals surface area contributed by atoms with Crippen molar-refractivity contribution < 1.29 is 4.74 Å². The molecule has 2 rings (SSSR count). The molecule has 0 amide bonds. The standard InChI is InChI=1S/C14H24BrN3O/c1-4-7-16-13(10-6-8-19-12(10)5-2)14-11(15)9-17-18(14)3/h9-10,12-13,16H,4-8H2,1-3H3. The molecule has 0 aliphatic carbocycles. The Bertz CT molecular complexity index is 388. The lowest BCUT2D eigenvalue weighted by atomic mass is 9.89. The Balaban J connectivity index is 2.25. The van der Waals surface area contributed by atoms with Gasteiger partial charge in [-0.1, -0.05) is 13.8 Å². The summed E-state index contributed by atoms with van der Waals surface area (Å²) in [7, 11) is 2.01. The first-order chi connectivity index (χ1) is 9.19. The van der Waals surface area contributed by atoms with Crippen LogP contribution >= 0.6 is 15.9 Å². The van der Waals surface area contributed by atoms with Crippen molar-refractivity contribution in [3.05, 3.63) is 16.4 Å². The van der Waals surface area contributed by atoms with E-state index in [1.807, 2.05) is 17.9 Å². The second kappa shape index (κ2) is 6.86. The summed E-state index contributed by atoms with van der Waals surface area (Å²) in [6, 6.07) is 0.314. The second-order valence-corrected chi connectivity index (χ2v) is 6.06. The van der Waals surface area contributed by atoms with Crippen LogP contribution in [0.4, 0.5) is 0 Å². The maximum Gasteiger partial charge on any atom is 0.0696 e. The molecule has 108 valence electrons. The predicted molar refractivity (Wildman–Crippen MR) is 80.1 cm³/mol. The minimum atomic E-state index is 0.314. The van der Waals surface area contributed by atoms with E-state index in [-0.39, 0.29) is 0 Å². The molecule has 1 N–H and O–H groups in total. The average molecular weight is 330 g/mol. The molecular formula is C14H24BrN3O. The first kappa shape index (κ1) is 15.0.